The molecular weight excluding hydrogens is 212 g/mol. The maximum atomic E-state index is 10.7. The Kier molecular flexibility index (Phi) is 4.32. The first-order valence-electron chi connectivity index (χ1n) is 4.74. The highest BCUT2D eigenvalue weighted by Gasteiger charge is 2.06. The van der Waals surface area contributed by atoms with Gasteiger partial charge in [0.25, 0.3) is 0 Å². The van der Waals surface area contributed by atoms with Gasteiger partial charge < -0.3 is 14.6 Å². The predicted octanol–water partition coefficient (Wildman–Crippen LogP) is 1.36. The zero-order valence-electron chi connectivity index (χ0n) is 8.80. The topological polar surface area (TPSA) is 72.8 Å². The summed E-state index contributed by atoms with van der Waals surface area (Å²) in [7, 11) is 0. The summed E-state index contributed by atoms with van der Waals surface area (Å²) in [6.45, 7) is 1.85. The molecule has 5 nitrogen and oxygen atoms in total. The van der Waals surface area contributed by atoms with Crippen LogP contribution in [0.3, 0.4) is 0 Å². The molecule has 0 aliphatic carbocycles. The second-order valence-corrected chi connectivity index (χ2v) is 2.93. The lowest BCUT2D eigenvalue weighted by Gasteiger charge is -2.08. The number of carboxylic acid groups (broad SMARTS) is 1. The molecule has 1 N–H and O–H groups in total. The monoisotopic (exact) mass is 224 g/mol. The molecule has 0 fully saturated rings. The second-order valence-electron chi connectivity index (χ2n) is 2.93. The second kappa shape index (κ2) is 5.75. The fraction of sp³-hybridized carbons (Fsp3) is 0.273. The van der Waals surface area contributed by atoms with Crippen LogP contribution in [0.25, 0.3) is 0 Å². The number of carboxylic acids is 1. The van der Waals surface area contributed by atoms with Gasteiger partial charge in [-0.3, -0.25) is 4.79 Å². The Morgan fingerprint density at radius 3 is 2.75 bits per heavy atom. The van der Waals surface area contributed by atoms with Crippen LogP contribution in [0.5, 0.6) is 11.5 Å². The van der Waals surface area contributed by atoms with Crippen LogP contribution in [0.15, 0.2) is 18.2 Å². The first kappa shape index (κ1) is 12.0. The fourth-order valence-corrected chi connectivity index (χ4v) is 1.15. The summed E-state index contributed by atoms with van der Waals surface area (Å²) in [5, 5.41) is 8.44. The Hall–Kier alpha value is -2.04. The van der Waals surface area contributed by atoms with E-state index in [0.717, 1.165) is 0 Å². The van der Waals surface area contributed by atoms with Crippen LogP contribution in [0, 0.1) is 0 Å². The van der Waals surface area contributed by atoms with Crippen molar-refractivity contribution in [2.24, 2.45) is 0 Å². The highest BCUT2D eigenvalue weighted by atomic mass is 16.5. The van der Waals surface area contributed by atoms with Gasteiger partial charge in [0, 0.05) is 0 Å². The number of carbonyl (C=O) groups is 2. The lowest BCUT2D eigenvalue weighted by molar-refractivity contribution is -0.139. The first-order valence-corrected chi connectivity index (χ1v) is 4.74. The van der Waals surface area contributed by atoms with E-state index in [1.54, 1.807) is 6.07 Å². The fourth-order valence-electron chi connectivity index (χ4n) is 1.15. The van der Waals surface area contributed by atoms with Gasteiger partial charge in [-0.15, -0.1) is 0 Å². The lowest BCUT2D eigenvalue weighted by Crippen LogP contribution is -2.10. The van der Waals surface area contributed by atoms with E-state index < -0.39 is 12.6 Å². The molecule has 0 aliphatic rings. The molecule has 0 spiro atoms. The van der Waals surface area contributed by atoms with E-state index in [-0.39, 0.29) is 11.3 Å². The van der Waals surface area contributed by atoms with Gasteiger partial charge in [-0.05, 0) is 25.1 Å². The van der Waals surface area contributed by atoms with Crippen molar-refractivity contribution in [1.29, 1.82) is 0 Å². The molecule has 16 heavy (non-hydrogen) atoms. The quantitative estimate of drug-likeness (QED) is 0.738. The number of rotatable bonds is 6. The van der Waals surface area contributed by atoms with Gasteiger partial charge in [0.05, 0.1) is 12.2 Å². The van der Waals surface area contributed by atoms with Gasteiger partial charge in [-0.25, -0.2) is 4.79 Å². The van der Waals surface area contributed by atoms with Gasteiger partial charge in [-0.1, -0.05) is 0 Å². The summed E-state index contributed by atoms with van der Waals surface area (Å²) in [5.74, 6) is -0.307. The molecule has 0 aliphatic heterocycles. The number of carbonyl (C=O) groups excluding carboxylic acids is 1. The normalized spacial score (nSPS) is 9.56. The Bertz CT molecular complexity index is 386. The van der Waals surface area contributed by atoms with E-state index in [1.165, 1.54) is 12.1 Å². The highest BCUT2D eigenvalue weighted by molar-refractivity contribution is 5.80. The van der Waals surface area contributed by atoms with Crippen molar-refractivity contribution in [3.05, 3.63) is 23.8 Å². The maximum absolute atomic E-state index is 10.7. The minimum atomic E-state index is -1.09. The highest BCUT2D eigenvalue weighted by Crippen LogP contribution is 2.22. The van der Waals surface area contributed by atoms with Crippen molar-refractivity contribution < 1.29 is 24.2 Å². The molecular formula is C11H12O5. The Balaban J connectivity index is 2.84. The number of aliphatic carboxylic acids is 1. The molecule has 0 radical (unpaired) electrons. The summed E-state index contributed by atoms with van der Waals surface area (Å²) in [6, 6.07) is 4.64. The van der Waals surface area contributed by atoms with Gasteiger partial charge in [0.1, 0.15) is 11.5 Å². The number of ether oxygens (including phenoxy) is 2. The Morgan fingerprint density at radius 1 is 1.44 bits per heavy atom. The zero-order valence-corrected chi connectivity index (χ0v) is 8.80. The average molecular weight is 224 g/mol. The van der Waals surface area contributed by atoms with Crippen LogP contribution in [0.1, 0.15) is 17.3 Å². The van der Waals surface area contributed by atoms with Crippen molar-refractivity contribution in [2.75, 3.05) is 13.2 Å². The van der Waals surface area contributed by atoms with Crippen LogP contribution in [0.4, 0.5) is 0 Å². The minimum Gasteiger partial charge on any atom is -0.494 e. The number of aldehydes is 1. The standard InChI is InChI=1S/C11H12O5/c1-2-15-9-3-4-10(8(5-9)6-12)16-7-11(13)14/h3-6H,2,7H2,1H3,(H,13,14). The maximum Gasteiger partial charge on any atom is 0.341 e. The average Bonchev–Trinajstić information content (AvgIpc) is 2.27. The largest absolute Gasteiger partial charge is 0.494 e. The van der Waals surface area contributed by atoms with Crippen molar-refractivity contribution in [3.63, 3.8) is 0 Å². The summed E-state index contributed by atoms with van der Waals surface area (Å²) in [5.41, 5.74) is 0.271. The number of benzene rings is 1. The third-order valence-corrected chi connectivity index (χ3v) is 1.77. The van der Waals surface area contributed by atoms with Gasteiger partial charge in [0.15, 0.2) is 12.9 Å². The van der Waals surface area contributed by atoms with Crippen LogP contribution >= 0.6 is 0 Å². The van der Waals surface area contributed by atoms with E-state index >= 15 is 0 Å². The van der Waals surface area contributed by atoms with Crippen molar-refractivity contribution in [3.8, 4) is 11.5 Å². The smallest absolute Gasteiger partial charge is 0.341 e. The molecule has 0 atom stereocenters. The number of hydrogen-bond donors (Lipinski definition) is 1. The molecule has 0 aromatic heterocycles. The Labute approximate surface area is 92.6 Å². The molecule has 0 heterocycles. The molecule has 0 saturated heterocycles. The lowest BCUT2D eigenvalue weighted by atomic mass is 10.2. The molecule has 0 unspecified atom stereocenters. The zero-order chi connectivity index (χ0) is 12.0. The minimum absolute atomic E-state index is 0.237. The molecule has 1 rings (SSSR count). The van der Waals surface area contributed by atoms with E-state index in [9.17, 15) is 9.59 Å². The third-order valence-electron chi connectivity index (χ3n) is 1.77. The van der Waals surface area contributed by atoms with E-state index in [2.05, 4.69) is 0 Å². The predicted molar refractivity (Wildman–Crippen MR) is 56.1 cm³/mol. The summed E-state index contributed by atoms with van der Waals surface area (Å²) < 4.78 is 10.1. The van der Waals surface area contributed by atoms with Gasteiger partial charge >= 0.3 is 5.97 Å². The van der Waals surface area contributed by atoms with Crippen LogP contribution in [0.2, 0.25) is 0 Å². The molecule has 0 saturated carbocycles. The number of hydrogen-bond acceptors (Lipinski definition) is 4. The first-order chi connectivity index (χ1) is 7.67. The molecule has 0 amide bonds. The van der Waals surface area contributed by atoms with Crippen LogP contribution in [-0.2, 0) is 4.79 Å². The molecule has 0 bridgehead atoms. The summed E-state index contributed by atoms with van der Waals surface area (Å²) in [6.07, 6.45) is 0.597. The molecule has 1 aromatic rings. The van der Waals surface area contributed by atoms with Crippen LogP contribution in [-0.4, -0.2) is 30.6 Å². The van der Waals surface area contributed by atoms with Crippen LogP contribution < -0.4 is 9.47 Å². The molecule has 86 valence electrons. The Morgan fingerprint density at radius 2 is 2.19 bits per heavy atom. The molecule has 1 aromatic carbocycles. The van der Waals surface area contributed by atoms with Crippen molar-refractivity contribution in [1.82, 2.24) is 0 Å². The summed E-state index contributed by atoms with van der Waals surface area (Å²) >= 11 is 0. The van der Waals surface area contributed by atoms with Crippen molar-refractivity contribution in [2.45, 2.75) is 6.92 Å². The van der Waals surface area contributed by atoms with E-state index in [1.807, 2.05) is 6.92 Å². The third kappa shape index (κ3) is 3.27. The van der Waals surface area contributed by atoms with Gasteiger partial charge in [-0.2, -0.15) is 0 Å². The van der Waals surface area contributed by atoms with Gasteiger partial charge in [0.2, 0.25) is 0 Å². The molecule has 5 heteroatoms. The SMILES string of the molecule is CCOc1ccc(OCC(=O)O)c(C=O)c1. The summed E-state index contributed by atoms with van der Waals surface area (Å²) in [4.78, 5) is 21.0. The van der Waals surface area contributed by atoms with Crippen molar-refractivity contribution >= 4 is 12.3 Å². The van der Waals surface area contributed by atoms with E-state index in [0.29, 0.717) is 18.6 Å². The van der Waals surface area contributed by atoms with E-state index in [4.69, 9.17) is 14.6 Å².